The highest BCUT2D eigenvalue weighted by Crippen LogP contribution is 2.36. The number of hydrogen-bond donors (Lipinski definition) is 0. The lowest BCUT2D eigenvalue weighted by Gasteiger charge is -2.28. The number of carbonyl (C=O) groups is 2. The average Bonchev–Trinajstić information content (AvgIpc) is 1.51. The van der Waals surface area contributed by atoms with Crippen LogP contribution in [-0.4, -0.2) is 103 Å². The summed E-state index contributed by atoms with van der Waals surface area (Å²) in [7, 11) is 0. The summed E-state index contributed by atoms with van der Waals surface area (Å²) >= 11 is -0.588. The number of rotatable bonds is 26. The second-order valence-corrected chi connectivity index (χ2v) is 22.0. The van der Waals surface area contributed by atoms with Gasteiger partial charge in [-0.25, -0.2) is 8.78 Å². The molecule has 8 aromatic rings. The van der Waals surface area contributed by atoms with Gasteiger partial charge in [-0.05, 0) is 163 Å². The van der Waals surface area contributed by atoms with Gasteiger partial charge in [0, 0.05) is 90.8 Å². The number of likely N-dealkylation sites (N-methyl/N-ethyl adjacent to an activating group) is 2. The zero-order valence-electron chi connectivity index (χ0n) is 87.5. The molecule has 22 heteroatoms. The minimum Gasteiger partial charge on any atom is -0.336 e. The topological polar surface area (TPSA) is 117 Å². The van der Waals surface area contributed by atoms with Crippen molar-refractivity contribution in [2.24, 2.45) is 5.89 Å². The summed E-state index contributed by atoms with van der Waals surface area (Å²) in [6.07, 6.45) is -16.8. The van der Waals surface area contributed by atoms with Gasteiger partial charge in [0.15, 0.2) is 10.3 Å². The summed E-state index contributed by atoms with van der Waals surface area (Å²) in [6, 6.07) is -9.27. The molecule has 0 bridgehead atoms. The molecule has 1 atom stereocenters. The summed E-state index contributed by atoms with van der Waals surface area (Å²) < 4.78 is 425. The van der Waals surface area contributed by atoms with Crippen LogP contribution in [0.15, 0.2) is 159 Å². The fourth-order valence-corrected chi connectivity index (χ4v) is 10.3. The molecule has 0 saturated carbocycles. The van der Waals surface area contributed by atoms with Gasteiger partial charge in [0.1, 0.15) is 24.6 Å². The number of amides is 2. The number of nitrogens with zero attached hydrogens (tertiary/aromatic N) is 8. The van der Waals surface area contributed by atoms with Crippen LogP contribution in [-0.2, 0) is 85.0 Å². The number of hydrogen-bond acceptors (Lipinski definition) is 10. The van der Waals surface area contributed by atoms with Crippen molar-refractivity contribution in [2.45, 2.75) is 134 Å². The lowest BCUT2D eigenvalue weighted by atomic mass is 9.98. The Kier molecular flexibility index (Phi) is 13.1. The van der Waals surface area contributed by atoms with Crippen LogP contribution in [0, 0.1) is 24.5 Å². The second kappa shape index (κ2) is 32.9. The number of thioether (sulfide) groups is 2. The first kappa shape index (κ1) is 38.3. The van der Waals surface area contributed by atoms with Crippen molar-refractivity contribution < 1.29 is 94.1 Å². The third-order valence-electron chi connectivity index (χ3n) is 13.9. The van der Waals surface area contributed by atoms with E-state index in [1.807, 2.05) is 0 Å². The number of alkyl halides is 6. The Morgan fingerprint density at radius 3 is 1.52 bits per heavy atom. The highest BCUT2D eigenvalue weighted by Gasteiger charge is 2.34. The SMILES string of the molecule is [2H]c1c([2H])c(C([2H])([2H])Sc2nc(=O)c3c(n2C([2H])([2H])C(=O)N(Cc2c([2H])c([2H])c(-c4c([2H])c([2H])c(C(F)(F)F)c(C)c4[2H])c([2H])c2[2H])C([2H])([2H])C([2H])([2H])N(CC)CC)CCC3)c([2H])c([2H])c1F.[2H]c1c([2H])c(C([2H])([2H])Sc2nc(=O)c3c(n2C([2H])([2H])C(=O)N(Cc2ccc(-c4ccc(C(F)(F)F)cc4)cc2)C([2H])([2H])C([2H])([2H])N(CC)CC)C([2H])([2H])C([2H])(C)C3([2H])[2H])c([2H])c([2H])c1F. The molecule has 96 heavy (non-hydrogen) atoms. The van der Waals surface area contributed by atoms with Crippen molar-refractivity contribution in [3.8, 4) is 22.3 Å². The van der Waals surface area contributed by atoms with Gasteiger partial charge in [0.25, 0.3) is 11.1 Å². The number of halogens is 8. The van der Waals surface area contributed by atoms with Crippen molar-refractivity contribution >= 4 is 35.3 Å². The van der Waals surface area contributed by atoms with Gasteiger partial charge in [0.2, 0.25) is 11.8 Å². The summed E-state index contributed by atoms with van der Waals surface area (Å²) in [4.78, 5) is 66.6. The molecular formula is C74H80F8N8O4S2. The maximum atomic E-state index is 15.1. The van der Waals surface area contributed by atoms with Crippen molar-refractivity contribution in [3.05, 3.63) is 233 Å². The molecule has 6 aromatic carbocycles. The summed E-state index contributed by atoms with van der Waals surface area (Å²) in [5, 5.41) is -2.32. The van der Waals surface area contributed by atoms with Gasteiger partial charge in [0.05, 0.1) is 42.7 Å². The van der Waals surface area contributed by atoms with Crippen molar-refractivity contribution in [2.75, 3.05) is 52.2 Å². The van der Waals surface area contributed by atoms with E-state index in [-0.39, 0.29) is 88.4 Å². The molecule has 508 valence electrons. The molecule has 2 aromatic heterocycles. The van der Waals surface area contributed by atoms with Gasteiger partial charge in [-0.3, -0.25) is 19.2 Å². The Morgan fingerprint density at radius 2 is 1.03 bits per heavy atom. The third kappa shape index (κ3) is 19.0. The summed E-state index contributed by atoms with van der Waals surface area (Å²) in [5.41, 5.74) is -20.3. The van der Waals surface area contributed by atoms with E-state index < -0.39 is 298 Å². The Morgan fingerprint density at radius 1 is 0.573 bits per heavy atom. The summed E-state index contributed by atoms with van der Waals surface area (Å²) in [6.45, 7) is -17.6. The molecule has 10 rings (SSSR count). The van der Waals surface area contributed by atoms with Crippen molar-refractivity contribution in [3.63, 3.8) is 0 Å². The largest absolute Gasteiger partial charge is 0.416 e. The molecule has 12 nitrogen and oxygen atoms in total. The maximum Gasteiger partial charge on any atom is 0.416 e. The lowest BCUT2D eigenvalue weighted by Crippen LogP contribution is -2.40. The molecule has 0 N–H and O–H groups in total. The molecule has 2 heterocycles. The lowest BCUT2D eigenvalue weighted by molar-refractivity contribution is -0.138. The molecule has 0 fully saturated rings. The normalized spacial score (nSPS) is 22.0. The van der Waals surface area contributed by atoms with E-state index >= 15 is 9.59 Å². The first-order valence-corrected chi connectivity index (χ1v) is 30.6. The van der Waals surface area contributed by atoms with Crippen LogP contribution in [0.1, 0.15) is 152 Å². The van der Waals surface area contributed by atoms with Gasteiger partial charge >= 0.3 is 12.4 Å². The van der Waals surface area contributed by atoms with Gasteiger partial charge < -0.3 is 28.7 Å². The van der Waals surface area contributed by atoms with Crippen LogP contribution in [0.2, 0.25) is 0 Å². The van der Waals surface area contributed by atoms with Crippen LogP contribution in [0.4, 0.5) is 35.1 Å². The van der Waals surface area contributed by atoms with E-state index in [1.54, 1.807) is 0 Å². The van der Waals surface area contributed by atoms with Gasteiger partial charge in [-0.15, -0.1) is 0 Å². The number of fused-ring (bicyclic) bond motifs is 2. The number of aromatic nitrogens is 4. The molecular weight excluding hydrogens is 1280 g/mol. The van der Waals surface area contributed by atoms with E-state index in [0.717, 1.165) is 28.9 Å². The summed E-state index contributed by atoms with van der Waals surface area (Å²) in [5.74, 6) is -10.4. The van der Waals surface area contributed by atoms with Gasteiger partial charge in [-0.2, -0.15) is 36.3 Å². The minimum atomic E-state index is -5.21. The van der Waals surface area contributed by atoms with E-state index in [2.05, 4.69) is 9.97 Å². The Hall–Kier alpha value is -7.92. The molecule has 2 amide bonds. The quantitative estimate of drug-likeness (QED) is 0.0295. The van der Waals surface area contributed by atoms with Gasteiger partial charge in [-0.1, -0.05) is 155 Å². The van der Waals surface area contributed by atoms with E-state index in [0.29, 0.717) is 22.6 Å². The van der Waals surface area contributed by atoms with E-state index in [1.165, 1.54) is 64.1 Å². The fraction of sp³-hybridized carbons (Fsp3) is 0.378. The molecule has 2 aliphatic carbocycles. The first-order valence-electron chi connectivity index (χ1n) is 47.0. The third-order valence-corrected chi connectivity index (χ3v) is 15.5. The zero-order valence-corrected chi connectivity index (χ0v) is 53.2. The van der Waals surface area contributed by atoms with Crippen LogP contribution >= 0.6 is 23.5 Å². The molecule has 0 aliphatic heterocycles. The highest BCUT2D eigenvalue weighted by molar-refractivity contribution is 7.98. The highest BCUT2D eigenvalue weighted by atomic mass is 32.2. The smallest absolute Gasteiger partial charge is 0.336 e. The Balaban J connectivity index is 0.000000297. The maximum absolute atomic E-state index is 15.1. The molecule has 0 saturated heterocycles. The van der Waals surface area contributed by atoms with Crippen LogP contribution in [0.3, 0.4) is 0 Å². The van der Waals surface area contributed by atoms with Crippen molar-refractivity contribution in [1.29, 1.82) is 0 Å². The monoisotopic (exact) mass is 1400 g/mol. The van der Waals surface area contributed by atoms with Crippen LogP contribution in [0.25, 0.3) is 22.3 Å². The zero-order chi connectivity index (χ0) is 101. The molecule has 2 aliphatic rings. The first-order chi connectivity index (χ1) is 60.1. The van der Waals surface area contributed by atoms with E-state index in [9.17, 15) is 55.7 Å². The molecule has 0 spiro atoms. The predicted octanol–water partition coefficient (Wildman–Crippen LogP) is 15.0. The Bertz CT molecular complexity index is 5950. The predicted molar refractivity (Wildman–Crippen MR) is 362 cm³/mol. The number of carbonyl (C=O) groups excluding carboxylic acids is 2. The van der Waals surface area contributed by atoms with Crippen LogP contribution in [0.5, 0.6) is 0 Å². The fourth-order valence-electron chi connectivity index (χ4n) is 9.01. The Labute approximate surface area is 614 Å². The number of benzene rings is 6. The molecule has 1 unspecified atom stereocenters. The second-order valence-electron chi connectivity index (χ2n) is 20.4. The van der Waals surface area contributed by atoms with Crippen LogP contribution < -0.4 is 11.1 Å². The standard InChI is InChI=1S/2C37H40F4N4O2S/c1-4-43(5-2)18-19-44(22-26-6-10-28(11-7-26)29-12-14-30(15-13-29)37(39,40)41)34(46)23-45-33-21-25(3)20-32(33)35(47)42-36(45)48-24-27-8-16-31(38)17-9-27;1-4-43(5-2)19-20-44(22-26-9-13-28(14-10-26)29-15-18-32(25(3)21-29)37(39,40)41)34(46)23-45-33-8-6-7-31(33)35(47)42-36(45)48-24-27-11-16-30(38)17-12-27/h6-17,25H,4-5,18-24H2,1-3H3;9-18,21H,4-8,19-20,22-24H2,1-3H3/i8D,9D,16D,17D,18D2,19D2,20D2,21D2,23D2,24D2,25D;9D,10D,11D,12D,13D,14D,15D,16D,17D,18D,19D2,20D2,21D,23D2,24D2. The van der Waals surface area contributed by atoms with Crippen molar-refractivity contribution in [1.82, 2.24) is 38.7 Å². The van der Waals surface area contributed by atoms with E-state index in [4.69, 9.17) is 38.4 Å². The minimum absolute atomic E-state index is 0.0247. The average molecular weight is 1400 g/mol. The molecule has 0 radical (unpaired) electrons.